The Hall–Kier alpha value is -2.50. The number of nitro groups is 1. The van der Waals surface area contributed by atoms with Crippen molar-refractivity contribution in [2.75, 3.05) is 37.6 Å². The number of carbonyl (C=O) groups excluding carboxylic acids is 1. The predicted molar refractivity (Wildman–Crippen MR) is 116 cm³/mol. The van der Waals surface area contributed by atoms with Crippen molar-refractivity contribution >= 4 is 43.2 Å². The van der Waals surface area contributed by atoms with E-state index in [1.165, 1.54) is 24.3 Å². The molecule has 3 rings (SSSR count). The van der Waals surface area contributed by atoms with Gasteiger partial charge in [0.15, 0.2) is 0 Å². The molecule has 0 spiro atoms. The Morgan fingerprint density at radius 2 is 1.77 bits per heavy atom. The van der Waals surface area contributed by atoms with E-state index in [0.29, 0.717) is 26.2 Å². The van der Waals surface area contributed by atoms with Gasteiger partial charge >= 0.3 is 0 Å². The van der Waals surface area contributed by atoms with E-state index in [1.54, 1.807) is 29.2 Å². The van der Waals surface area contributed by atoms with E-state index < -0.39 is 14.9 Å². The summed E-state index contributed by atoms with van der Waals surface area (Å²) in [4.78, 5) is 26.8. The van der Waals surface area contributed by atoms with Crippen LogP contribution >= 0.6 is 15.9 Å². The molecule has 0 saturated carbocycles. The number of hydrogen-bond donors (Lipinski definition) is 1. The van der Waals surface area contributed by atoms with E-state index in [-0.39, 0.29) is 29.5 Å². The number of hydrogen-bond acceptors (Lipinski definition) is 6. The van der Waals surface area contributed by atoms with Crippen LogP contribution in [-0.4, -0.2) is 56.9 Å². The molecule has 1 N–H and O–H groups in total. The number of benzene rings is 2. The van der Waals surface area contributed by atoms with Crippen molar-refractivity contribution < 1.29 is 18.1 Å². The molecule has 1 aliphatic rings. The maximum absolute atomic E-state index is 12.4. The largest absolute Gasteiger partial charge is 0.368 e. The van der Waals surface area contributed by atoms with Crippen LogP contribution in [0.25, 0.3) is 0 Å². The highest BCUT2D eigenvalue weighted by molar-refractivity contribution is 9.10. The van der Waals surface area contributed by atoms with Crippen molar-refractivity contribution in [3.8, 4) is 0 Å². The second-order valence-corrected chi connectivity index (χ2v) is 9.43. The molecule has 0 radical (unpaired) electrons. The first-order valence-corrected chi connectivity index (χ1v) is 11.6. The molecule has 0 aliphatic carbocycles. The Bertz CT molecular complexity index is 1020. The maximum Gasteiger partial charge on any atom is 0.271 e. The van der Waals surface area contributed by atoms with Crippen LogP contribution in [0.1, 0.15) is 6.42 Å². The summed E-state index contributed by atoms with van der Waals surface area (Å²) in [5.74, 6) is -0.132. The van der Waals surface area contributed by atoms with Gasteiger partial charge in [-0.2, -0.15) is 0 Å². The van der Waals surface area contributed by atoms with E-state index in [2.05, 4.69) is 20.7 Å². The van der Waals surface area contributed by atoms with Gasteiger partial charge in [0.2, 0.25) is 15.9 Å². The van der Waals surface area contributed by atoms with Crippen LogP contribution in [0.5, 0.6) is 0 Å². The lowest BCUT2D eigenvalue weighted by atomic mass is 10.2. The van der Waals surface area contributed by atoms with Gasteiger partial charge in [-0.05, 0) is 30.3 Å². The molecule has 0 atom stereocenters. The number of rotatable bonds is 7. The number of nitrogens with one attached hydrogen (secondary N) is 1. The van der Waals surface area contributed by atoms with Crippen LogP contribution in [0.4, 0.5) is 11.4 Å². The number of anilines is 1. The Labute approximate surface area is 183 Å². The zero-order valence-corrected chi connectivity index (χ0v) is 18.4. The minimum absolute atomic E-state index is 0.0162. The van der Waals surface area contributed by atoms with Crippen molar-refractivity contribution in [1.29, 1.82) is 0 Å². The molecule has 2 aromatic rings. The van der Waals surface area contributed by atoms with Gasteiger partial charge in [0.25, 0.3) is 5.69 Å². The molecule has 0 bridgehead atoms. The molecular formula is C19H21BrN4O5S. The number of nitro benzene ring substituents is 1. The second kappa shape index (κ2) is 9.54. The first-order chi connectivity index (χ1) is 14.3. The van der Waals surface area contributed by atoms with E-state index in [4.69, 9.17) is 0 Å². The van der Waals surface area contributed by atoms with Gasteiger partial charge in [0.05, 0.1) is 9.82 Å². The molecule has 0 unspecified atom stereocenters. The number of halogens is 1. The lowest BCUT2D eigenvalue weighted by Crippen LogP contribution is -2.49. The van der Waals surface area contributed by atoms with Gasteiger partial charge < -0.3 is 9.80 Å². The third kappa shape index (κ3) is 5.55. The topological polar surface area (TPSA) is 113 Å². The Kier molecular flexibility index (Phi) is 7.06. The highest BCUT2D eigenvalue weighted by Crippen LogP contribution is 2.22. The summed E-state index contributed by atoms with van der Waals surface area (Å²) in [6.45, 7) is 2.07. The third-order valence-corrected chi connectivity index (χ3v) is 6.80. The summed E-state index contributed by atoms with van der Waals surface area (Å²) in [5, 5.41) is 10.9. The minimum atomic E-state index is -3.66. The smallest absolute Gasteiger partial charge is 0.271 e. The van der Waals surface area contributed by atoms with E-state index in [0.717, 1.165) is 10.2 Å². The van der Waals surface area contributed by atoms with Crippen molar-refractivity contribution in [3.05, 3.63) is 63.1 Å². The maximum atomic E-state index is 12.4. The molecule has 11 heteroatoms. The number of piperazine rings is 1. The average Bonchev–Trinajstić information content (AvgIpc) is 2.74. The van der Waals surface area contributed by atoms with E-state index in [9.17, 15) is 23.3 Å². The van der Waals surface area contributed by atoms with Crippen LogP contribution in [0.3, 0.4) is 0 Å². The van der Waals surface area contributed by atoms with Crippen LogP contribution in [0, 0.1) is 10.1 Å². The molecule has 2 aromatic carbocycles. The second-order valence-electron chi connectivity index (χ2n) is 6.75. The molecule has 30 heavy (non-hydrogen) atoms. The highest BCUT2D eigenvalue weighted by Gasteiger charge is 2.22. The van der Waals surface area contributed by atoms with Gasteiger partial charge in [-0.25, -0.2) is 13.1 Å². The molecule has 0 aromatic heterocycles. The molecule has 1 heterocycles. The number of carbonyl (C=O) groups is 1. The van der Waals surface area contributed by atoms with E-state index in [1.807, 2.05) is 4.90 Å². The van der Waals surface area contributed by atoms with Crippen molar-refractivity contribution in [2.45, 2.75) is 11.3 Å². The molecule has 1 saturated heterocycles. The zero-order valence-electron chi connectivity index (χ0n) is 16.0. The van der Waals surface area contributed by atoms with Crippen LogP contribution < -0.4 is 9.62 Å². The normalized spacial score (nSPS) is 14.6. The summed E-state index contributed by atoms with van der Waals surface area (Å²) in [5.41, 5.74) is 0.780. The summed E-state index contributed by atoms with van der Waals surface area (Å²) in [6, 6.07) is 12.7. The number of non-ortho nitro benzene ring substituents is 1. The Morgan fingerprint density at radius 3 is 2.40 bits per heavy atom. The first-order valence-electron chi connectivity index (χ1n) is 9.29. The van der Waals surface area contributed by atoms with E-state index >= 15 is 0 Å². The Morgan fingerprint density at radius 1 is 1.10 bits per heavy atom. The van der Waals surface area contributed by atoms with Gasteiger partial charge in [-0.15, -0.1) is 0 Å². The van der Waals surface area contributed by atoms with Gasteiger partial charge in [-0.3, -0.25) is 14.9 Å². The fraction of sp³-hybridized carbons (Fsp3) is 0.316. The van der Waals surface area contributed by atoms with Crippen molar-refractivity contribution in [2.24, 2.45) is 0 Å². The quantitative estimate of drug-likeness (QED) is 0.464. The average molecular weight is 497 g/mol. The van der Waals surface area contributed by atoms with Gasteiger partial charge in [-0.1, -0.05) is 22.0 Å². The molecular weight excluding hydrogens is 476 g/mol. The molecule has 9 nitrogen and oxygen atoms in total. The summed E-state index contributed by atoms with van der Waals surface area (Å²) in [7, 11) is -3.66. The number of nitrogens with zero attached hydrogens (tertiary/aromatic N) is 3. The van der Waals surface area contributed by atoms with Gasteiger partial charge in [0, 0.05) is 61.4 Å². The van der Waals surface area contributed by atoms with Gasteiger partial charge in [0.1, 0.15) is 0 Å². The summed E-state index contributed by atoms with van der Waals surface area (Å²) >= 11 is 3.26. The minimum Gasteiger partial charge on any atom is -0.368 e. The zero-order chi connectivity index (χ0) is 21.7. The fourth-order valence-electron chi connectivity index (χ4n) is 3.16. The summed E-state index contributed by atoms with van der Waals surface area (Å²) in [6.07, 6.45) is 0.0621. The first kappa shape index (κ1) is 22.2. The standard InChI is InChI=1S/C19H21BrN4O5S/c20-15-4-6-18(7-5-15)30(28,29)21-9-8-19(25)23-12-10-22(11-13-23)16-2-1-3-17(14-16)24(26)27/h1-7,14,21H,8-13H2. The van der Waals surface area contributed by atoms with Crippen LogP contribution in [-0.2, 0) is 14.8 Å². The highest BCUT2D eigenvalue weighted by atomic mass is 79.9. The monoisotopic (exact) mass is 496 g/mol. The SMILES string of the molecule is O=C(CCNS(=O)(=O)c1ccc(Br)cc1)N1CCN(c2cccc([N+](=O)[O-])c2)CC1. The fourth-order valence-corrected chi connectivity index (χ4v) is 4.46. The molecule has 1 fully saturated rings. The third-order valence-electron chi connectivity index (χ3n) is 4.79. The molecule has 1 amide bonds. The number of amides is 1. The van der Waals surface area contributed by atoms with Crippen molar-refractivity contribution in [1.82, 2.24) is 9.62 Å². The predicted octanol–water partition coefficient (Wildman–Crippen LogP) is 2.37. The lowest BCUT2D eigenvalue weighted by molar-refractivity contribution is -0.384. The van der Waals surface area contributed by atoms with Crippen LogP contribution in [0.15, 0.2) is 57.9 Å². The Balaban J connectivity index is 1.48. The van der Waals surface area contributed by atoms with Crippen LogP contribution in [0.2, 0.25) is 0 Å². The molecule has 1 aliphatic heterocycles. The molecule has 160 valence electrons. The summed E-state index contributed by atoms with van der Waals surface area (Å²) < 4.78 is 27.8. The number of sulfonamides is 1. The van der Waals surface area contributed by atoms with Crippen molar-refractivity contribution in [3.63, 3.8) is 0 Å². The lowest BCUT2D eigenvalue weighted by Gasteiger charge is -2.36.